The molecule has 3 aromatic carbocycles. The smallest absolute Gasteiger partial charge is 0.318 e. The third kappa shape index (κ3) is 7.26. The van der Waals surface area contributed by atoms with Gasteiger partial charge in [-0.15, -0.1) is 0 Å². The van der Waals surface area contributed by atoms with E-state index in [9.17, 15) is 14.4 Å². The molecule has 9 nitrogen and oxygen atoms in total. The van der Waals surface area contributed by atoms with Gasteiger partial charge in [-0.05, 0) is 80.2 Å². The van der Waals surface area contributed by atoms with Crippen molar-refractivity contribution >= 4 is 34.4 Å². The van der Waals surface area contributed by atoms with Crippen molar-refractivity contribution in [1.82, 2.24) is 25.0 Å². The second-order valence-electron chi connectivity index (χ2n) is 12.9. The summed E-state index contributed by atoms with van der Waals surface area (Å²) >= 11 is 0. The standard InChI is InChI=1S/C37H46N6O3/c1-24-11-7-8-12-28(24)27-17-19-43(20-18-27)37(46)40-34(25(2)31-22-38-32-14-10-9-13-29(31)32)35(44)39-33-21-26(23-41(3)4)15-16-30(33)36(45)42(5)6/h7-16,21-22,25,27,34,38H,17-20,23H2,1-6H3,(H,39,44)(H,40,46). The lowest BCUT2D eigenvalue weighted by atomic mass is 9.87. The first-order valence-corrected chi connectivity index (χ1v) is 16.0. The quantitative estimate of drug-likeness (QED) is 0.215. The van der Waals surface area contributed by atoms with Crippen LogP contribution in [0.15, 0.2) is 72.9 Å². The van der Waals surface area contributed by atoms with E-state index in [1.165, 1.54) is 16.0 Å². The number of amides is 4. The third-order valence-corrected chi connectivity index (χ3v) is 9.06. The van der Waals surface area contributed by atoms with Crippen molar-refractivity contribution in [2.75, 3.05) is 46.6 Å². The number of rotatable bonds is 9. The number of para-hydroxylation sites is 1. The topological polar surface area (TPSA) is 101 Å². The summed E-state index contributed by atoms with van der Waals surface area (Å²) in [7, 11) is 7.31. The van der Waals surface area contributed by atoms with Gasteiger partial charge >= 0.3 is 6.03 Å². The van der Waals surface area contributed by atoms with Gasteiger partial charge in [-0.2, -0.15) is 0 Å². The zero-order valence-corrected chi connectivity index (χ0v) is 27.8. The Morgan fingerprint density at radius 2 is 1.65 bits per heavy atom. The van der Waals surface area contributed by atoms with Gasteiger partial charge in [0, 0.05) is 56.7 Å². The molecule has 0 radical (unpaired) electrons. The van der Waals surface area contributed by atoms with E-state index >= 15 is 0 Å². The van der Waals surface area contributed by atoms with Crippen molar-refractivity contribution in [3.63, 3.8) is 0 Å². The number of fused-ring (bicyclic) bond motifs is 1. The van der Waals surface area contributed by atoms with E-state index < -0.39 is 6.04 Å². The van der Waals surface area contributed by atoms with Crippen LogP contribution in [-0.2, 0) is 11.3 Å². The highest BCUT2D eigenvalue weighted by atomic mass is 16.2. The number of aromatic amines is 1. The Bertz CT molecular complexity index is 1700. The summed E-state index contributed by atoms with van der Waals surface area (Å²) in [5.74, 6) is -0.566. The van der Waals surface area contributed by atoms with E-state index in [1.807, 2.05) is 73.4 Å². The summed E-state index contributed by atoms with van der Waals surface area (Å²) in [5.41, 5.74) is 6.28. The Kier molecular flexibility index (Phi) is 10.1. The van der Waals surface area contributed by atoms with Crippen LogP contribution < -0.4 is 10.6 Å². The summed E-state index contributed by atoms with van der Waals surface area (Å²) in [6.07, 6.45) is 3.64. The number of carbonyl (C=O) groups is 3. The van der Waals surface area contributed by atoms with Crippen LogP contribution in [-0.4, -0.2) is 84.9 Å². The summed E-state index contributed by atoms with van der Waals surface area (Å²) < 4.78 is 0. The lowest BCUT2D eigenvalue weighted by Crippen LogP contribution is -2.53. The molecule has 1 fully saturated rings. The SMILES string of the molecule is Cc1ccccc1C1CCN(C(=O)NC(C(=O)Nc2cc(CN(C)C)ccc2C(=O)N(C)C)C(C)c2c[nH]c3ccccc23)CC1. The van der Waals surface area contributed by atoms with Crippen molar-refractivity contribution in [2.24, 2.45) is 0 Å². The number of piperidine rings is 1. The van der Waals surface area contributed by atoms with Crippen LogP contribution in [0.4, 0.5) is 10.5 Å². The summed E-state index contributed by atoms with van der Waals surface area (Å²) in [6, 6.07) is 20.7. The fourth-order valence-corrected chi connectivity index (χ4v) is 6.53. The highest BCUT2D eigenvalue weighted by Crippen LogP contribution is 2.32. The molecule has 0 spiro atoms. The molecule has 0 saturated carbocycles. The lowest BCUT2D eigenvalue weighted by Gasteiger charge is -2.34. The predicted molar refractivity (Wildman–Crippen MR) is 184 cm³/mol. The van der Waals surface area contributed by atoms with Crippen molar-refractivity contribution in [3.8, 4) is 0 Å². The van der Waals surface area contributed by atoms with Crippen molar-refractivity contribution in [1.29, 1.82) is 0 Å². The second-order valence-corrected chi connectivity index (χ2v) is 12.9. The highest BCUT2D eigenvalue weighted by Gasteiger charge is 2.33. The molecule has 1 aliphatic heterocycles. The number of likely N-dealkylation sites (tertiary alicyclic amines) is 1. The summed E-state index contributed by atoms with van der Waals surface area (Å²) in [4.78, 5) is 49.9. The molecule has 242 valence electrons. The van der Waals surface area contributed by atoms with Gasteiger partial charge in [0.05, 0.1) is 11.3 Å². The number of nitrogens with one attached hydrogen (secondary N) is 3. The van der Waals surface area contributed by atoms with Gasteiger partial charge in [0.1, 0.15) is 6.04 Å². The fraction of sp³-hybridized carbons (Fsp3) is 0.378. The van der Waals surface area contributed by atoms with Crippen molar-refractivity contribution in [2.45, 2.75) is 51.1 Å². The lowest BCUT2D eigenvalue weighted by molar-refractivity contribution is -0.118. The van der Waals surface area contributed by atoms with Crippen LogP contribution in [0, 0.1) is 6.92 Å². The molecule has 2 unspecified atom stereocenters. The molecule has 1 aliphatic rings. The molecule has 2 atom stereocenters. The fourth-order valence-electron chi connectivity index (χ4n) is 6.53. The predicted octanol–water partition coefficient (Wildman–Crippen LogP) is 5.94. The third-order valence-electron chi connectivity index (χ3n) is 9.06. The molecule has 1 aromatic heterocycles. The molecule has 2 heterocycles. The van der Waals surface area contributed by atoms with E-state index in [1.54, 1.807) is 20.2 Å². The average Bonchev–Trinajstić information content (AvgIpc) is 3.47. The Morgan fingerprint density at radius 3 is 2.35 bits per heavy atom. The zero-order chi connectivity index (χ0) is 33.0. The molecule has 0 bridgehead atoms. The zero-order valence-electron chi connectivity index (χ0n) is 27.8. The first-order chi connectivity index (χ1) is 22.0. The number of carbonyl (C=O) groups excluding carboxylic acids is 3. The minimum atomic E-state index is -0.902. The number of aromatic nitrogens is 1. The summed E-state index contributed by atoms with van der Waals surface area (Å²) in [5, 5.41) is 7.14. The Balaban J connectivity index is 1.41. The van der Waals surface area contributed by atoms with Crippen LogP contribution in [0.1, 0.15) is 64.2 Å². The largest absolute Gasteiger partial charge is 0.361 e. The molecule has 4 aromatic rings. The number of hydrogen-bond acceptors (Lipinski definition) is 4. The van der Waals surface area contributed by atoms with Crippen LogP contribution in [0.3, 0.4) is 0 Å². The Hall–Kier alpha value is -4.63. The van der Waals surface area contributed by atoms with Gasteiger partial charge in [0.15, 0.2) is 0 Å². The molecule has 4 amide bonds. The molecule has 0 aliphatic carbocycles. The molecule has 9 heteroatoms. The molecular weight excluding hydrogens is 576 g/mol. The van der Waals surface area contributed by atoms with E-state index in [0.717, 1.165) is 34.9 Å². The van der Waals surface area contributed by atoms with E-state index in [0.29, 0.717) is 36.8 Å². The average molecular weight is 623 g/mol. The van der Waals surface area contributed by atoms with Gasteiger partial charge in [-0.25, -0.2) is 4.79 Å². The van der Waals surface area contributed by atoms with E-state index in [4.69, 9.17) is 0 Å². The number of aryl methyl sites for hydroxylation is 1. The van der Waals surface area contributed by atoms with Crippen molar-refractivity contribution < 1.29 is 14.4 Å². The number of hydrogen-bond donors (Lipinski definition) is 3. The molecule has 5 rings (SSSR count). The van der Waals surface area contributed by atoms with Gasteiger partial charge < -0.3 is 30.3 Å². The van der Waals surface area contributed by atoms with Crippen LogP contribution in [0.5, 0.6) is 0 Å². The highest BCUT2D eigenvalue weighted by molar-refractivity contribution is 6.06. The number of nitrogens with zero attached hydrogens (tertiary/aromatic N) is 3. The van der Waals surface area contributed by atoms with Crippen molar-refractivity contribution in [3.05, 3.63) is 101 Å². The normalized spacial score (nSPS) is 15.1. The van der Waals surface area contributed by atoms with Crippen LogP contribution in [0.25, 0.3) is 10.9 Å². The monoisotopic (exact) mass is 622 g/mol. The van der Waals surface area contributed by atoms with E-state index in [-0.39, 0.29) is 23.8 Å². The minimum Gasteiger partial charge on any atom is -0.361 e. The maximum absolute atomic E-state index is 14.3. The molecular formula is C37H46N6O3. The first-order valence-electron chi connectivity index (χ1n) is 16.0. The molecule has 3 N–H and O–H groups in total. The van der Waals surface area contributed by atoms with Gasteiger partial charge in [-0.1, -0.05) is 55.5 Å². The van der Waals surface area contributed by atoms with Gasteiger partial charge in [0.25, 0.3) is 5.91 Å². The van der Waals surface area contributed by atoms with Gasteiger partial charge in [-0.3, -0.25) is 9.59 Å². The number of benzene rings is 3. The van der Waals surface area contributed by atoms with Crippen LogP contribution in [0.2, 0.25) is 0 Å². The minimum absolute atomic E-state index is 0.214. The van der Waals surface area contributed by atoms with E-state index in [2.05, 4.69) is 46.8 Å². The maximum Gasteiger partial charge on any atom is 0.318 e. The number of H-pyrrole nitrogens is 1. The number of anilines is 1. The van der Waals surface area contributed by atoms with Crippen LogP contribution >= 0.6 is 0 Å². The Labute approximate surface area is 271 Å². The first kappa shape index (κ1) is 32.8. The second kappa shape index (κ2) is 14.2. The molecule has 46 heavy (non-hydrogen) atoms. The molecule has 1 saturated heterocycles. The van der Waals surface area contributed by atoms with Gasteiger partial charge in [0.2, 0.25) is 5.91 Å². The number of urea groups is 1. The Morgan fingerprint density at radius 1 is 0.957 bits per heavy atom. The maximum atomic E-state index is 14.3. The summed E-state index contributed by atoms with van der Waals surface area (Å²) in [6.45, 7) is 5.95.